The topological polar surface area (TPSA) is 46.9 Å². The molecule has 1 aliphatic rings. The molecule has 0 bridgehead atoms. The number of likely N-dealkylation sites (tertiary alicyclic amines) is 1. The summed E-state index contributed by atoms with van der Waals surface area (Å²) in [7, 11) is 1.70. The maximum atomic E-state index is 10.5. The third-order valence-corrected chi connectivity index (χ3v) is 7.04. The maximum Gasteiger partial charge on any atom is 0.0790 e. The Labute approximate surface area is 204 Å². The number of hydrogen-bond acceptors (Lipinski definition) is 4. The Balaban J connectivity index is 1.27. The van der Waals surface area contributed by atoms with E-state index in [0.717, 1.165) is 50.1 Å². The van der Waals surface area contributed by atoms with Gasteiger partial charge in [0.25, 0.3) is 0 Å². The van der Waals surface area contributed by atoms with Gasteiger partial charge in [0.05, 0.1) is 25.9 Å². The van der Waals surface area contributed by atoms with E-state index in [9.17, 15) is 5.11 Å². The molecule has 34 heavy (non-hydrogen) atoms. The van der Waals surface area contributed by atoms with E-state index in [1.54, 1.807) is 7.11 Å². The first-order valence-electron chi connectivity index (χ1n) is 12.6. The monoisotopic (exact) mass is 463 g/mol. The molecule has 5 nitrogen and oxygen atoms in total. The van der Waals surface area contributed by atoms with E-state index in [0.29, 0.717) is 25.7 Å². The Morgan fingerprint density at radius 3 is 2.65 bits per heavy atom. The fourth-order valence-electron chi connectivity index (χ4n) is 5.14. The Hall–Kier alpha value is -2.18. The molecule has 1 aliphatic heterocycles. The highest BCUT2D eigenvalue weighted by Crippen LogP contribution is 2.34. The second-order valence-corrected chi connectivity index (χ2v) is 9.42. The van der Waals surface area contributed by atoms with Gasteiger partial charge in [0, 0.05) is 30.8 Å². The van der Waals surface area contributed by atoms with Crippen LogP contribution < -0.4 is 0 Å². The molecule has 1 fully saturated rings. The van der Waals surface area contributed by atoms with Gasteiger partial charge in [-0.1, -0.05) is 42.5 Å². The molecule has 183 valence electrons. The zero-order chi connectivity index (χ0) is 23.8. The molecule has 1 unspecified atom stereocenters. The Kier molecular flexibility index (Phi) is 9.17. The fraction of sp³-hybridized carbons (Fsp3) is 0.483. The summed E-state index contributed by atoms with van der Waals surface area (Å²) in [5.41, 5.74) is 4.72. The van der Waals surface area contributed by atoms with Crippen molar-refractivity contribution in [3.63, 3.8) is 0 Å². The van der Waals surface area contributed by atoms with Crippen LogP contribution >= 0.6 is 0 Å². The Morgan fingerprint density at radius 1 is 1.03 bits per heavy atom. The molecule has 4 rings (SSSR count). The summed E-state index contributed by atoms with van der Waals surface area (Å²) in [5.74, 6) is 0.599. The molecule has 2 aromatic carbocycles. The first-order valence-corrected chi connectivity index (χ1v) is 12.6. The van der Waals surface area contributed by atoms with Crippen LogP contribution in [0.1, 0.15) is 54.4 Å². The number of nitrogens with zero attached hydrogens (tertiary/aromatic N) is 2. The molecule has 0 saturated carbocycles. The van der Waals surface area contributed by atoms with E-state index >= 15 is 0 Å². The number of piperidine rings is 1. The van der Waals surface area contributed by atoms with Crippen molar-refractivity contribution in [1.82, 2.24) is 9.47 Å². The van der Waals surface area contributed by atoms with Gasteiger partial charge in [-0.3, -0.25) is 0 Å². The molecule has 1 atom stereocenters. The molecule has 1 radical (unpaired) electrons. The van der Waals surface area contributed by atoms with Crippen LogP contribution in [0, 0.1) is 6.92 Å². The van der Waals surface area contributed by atoms with E-state index < -0.39 is 6.10 Å². The van der Waals surface area contributed by atoms with Crippen molar-refractivity contribution in [1.29, 1.82) is 0 Å². The molecule has 2 heterocycles. The quantitative estimate of drug-likeness (QED) is 0.376. The number of aliphatic hydroxyl groups excluding tert-OH is 1. The average molecular weight is 464 g/mol. The van der Waals surface area contributed by atoms with Crippen LogP contribution in [0.4, 0.5) is 0 Å². The zero-order valence-electron chi connectivity index (χ0n) is 20.5. The fourth-order valence-corrected chi connectivity index (χ4v) is 5.14. The van der Waals surface area contributed by atoms with Gasteiger partial charge in [-0.05, 0) is 80.9 Å². The van der Waals surface area contributed by atoms with Crippen LogP contribution in [0.25, 0.3) is 10.9 Å². The summed E-state index contributed by atoms with van der Waals surface area (Å²) >= 11 is 0. The van der Waals surface area contributed by atoms with Crippen molar-refractivity contribution in [2.45, 2.75) is 44.2 Å². The zero-order valence-corrected chi connectivity index (χ0v) is 20.5. The number of fused-ring (bicyclic) bond motifs is 1. The molecule has 1 saturated heterocycles. The van der Waals surface area contributed by atoms with Crippen molar-refractivity contribution in [2.75, 3.05) is 46.6 Å². The van der Waals surface area contributed by atoms with Crippen molar-refractivity contribution in [3.8, 4) is 0 Å². The predicted octanol–water partition coefficient (Wildman–Crippen LogP) is 5.18. The van der Waals surface area contributed by atoms with E-state index in [1.165, 1.54) is 29.3 Å². The summed E-state index contributed by atoms with van der Waals surface area (Å²) in [5, 5.41) is 11.9. The molecular weight excluding hydrogens is 424 g/mol. The van der Waals surface area contributed by atoms with Gasteiger partial charge in [-0.25, -0.2) is 0 Å². The second kappa shape index (κ2) is 12.5. The van der Waals surface area contributed by atoms with Crippen LogP contribution in [-0.4, -0.2) is 61.1 Å². The van der Waals surface area contributed by atoms with Crippen LogP contribution in [-0.2, 0) is 16.0 Å². The highest BCUT2D eigenvalue weighted by atomic mass is 16.5. The van der Waals surface area contributed by atoms with Gasteiger partial charge in [0.15, 0.2) is 0 Å². The van der Waals surface area contributed by atoms with Crippen molar-refractivity contribution in [3.05, 3.63) is 78.3 Å². The number of aliphatic hydroxyl groups is 1. The minimum atomic E-state index is -0.399. The smallest absolute Gasteiger partial charge is 0.0790 e. The minimum Gasteiger partial charge on any atom is -0.388 e. The first kappa shape index (κ1) is 24.9. The number of ether oxygens (including phenoxy) is 2. The number of hydrogen-bond donors (Lipinski definition) is 1. The molecule has 0 aliphatic carbocycles. The molecule has 0 spiro atoms. The largest absolute Gasteiger partial charge is 0.388 e. The summed E-state index contributed by atoms with van der Waals surface area (Å²) in [6.45, 7) is 10.1. The standard InChI is InChI=1S/C29H39N2O3/c1-23-7-5-8-25(21-23)29(32)11-6-14-30-15-12-24(13-16-30)27-22-31(17-18-34-20-19-33-2)28-10-4-3-9-26(27)28/h3-5,7-10,21-22,24,29,32H,1,6,11-20H2,2H3. The average Bonchev–Trinajstić information content (AvgIpc) is 3.23. The molecule has 5 heteroatoms. The third-order valence-electron chi connectivity index (χ3n) is 7.04. The number of aromatic nitrogens is 1. The van der Waals surface area contributed by atoms with E-state index in [4.69, 9.17) is 9.47 Å². The second-order valence-electron chi connectivity index (χ2n) is 9.42. The lowest BCUT2D eigenvalue weighted by molar-refractivity contribution is 0.0670. The van der Waals surface area contributed by atoms with Crippen LogP contribution in [0.3, 0.4) is 0 Å². The molecule has 0 amide bonds. The summed E-state index contributed by atoms with van der Waals surface area (Å²) in [6.07, 6.45) is 6.13. The van der Waals surface area contributed by atoms with Crippen LogP contribution in [0.15, 0.2) is 54.7 Å². The highest BCUT2D eigenvalue weighted by Gasteiger charge is 2.23. The lowest BCUT2D eigenvalue weighted by atomic mass is 9.89. The Bertz CT molecular complexity index is 1020. The van der Waals surface area contributed by atoms with Gasteiger partial charge in [0.1, 0.15) is 0 Å². The number of methoxy groups -OCH3 is 1. The SMILES string of the molecule is [CH2]c1cccc(C(O)CCCN2CCC(c3cn(CCOCCOC)c4ccccc34)CC2)c1. The van der Waals surface area contributed by atoms with Crippen LogP contribution in [0.2, 0.25) is 0 Å². The lowest BCUT2D eigenvalue weighted by Gasteiger charge is -2.32. The molecular formula is C29H39N2O3. The number of benzene rings is 2. The summed E-state index contributed by atoms with van der Waals surface area (Å²) < 4.78 is 13.1. The first-order chi connectivity index (χ1) is 16.7. The molecule has 1 N–H and O–H groups in total. The van der Waals surface area contributed by atoms with Crippen molar-refractivity contribution in [2.24, 2.45) is 0 Å². The predicted molar refractivity (Wildman–Crippen MR) is 138 cm³/mol. The maximum absolute atomic E-state index is 10.5. The highest BCUT2D eigenvalue weighted by molar-refractivity contribution is 5.84. The lowest BCUT2D eigenvalue weighted by Crippen LogP contribution is -2.33. The van der Waals surface area contributed by atoms with Gasteiger partial charge >= 0.3 is 0 Å². The van der Waals surface area contributed by atoms with E-state index in [-0.39, 0.29) is 0 Å². The minimum absolute atomic E-state index is 0.399. The third kappa shape index (κ3) is 6.48. The van der Waals surface area contributed by atoms with Gasteiger partial charge in [-0.15, -0.1) is 0 Å². The number of rotatable bonds is 12. The van der Waals surface area contributed by atoms with E-state index in [1.807, 2.05) is 24.3 Å². The van der Waals surface area contributed by atoms with Gasteiger partial charge in [-0.2, -0.15) is 0 Å². The molecule has 1 aromatic heterocycles. The number of para-hydroxylation sites is 1. The normalized spacial score (nSPS) is 16.3. The van der Waals surface area contributed by atoms with Gasteiger partial charge in [0.2, 0.25) is 0 Å². The Morgan fingerprint density at radius 2 is 1.85 bits per heavy atom. The van der Waals surface area contributed by atoms with Crippen molar-refractivity contribution >= 4 is 10.9 Å². The van der Waals surface area contributed by atoms with Crippen molar-refractivity contribution < 1.29 is 14.6 Å². The summed E-state index contributed by atoms with van der Waals surface area (Å²) in [6, 6.07) is 16.7. The summed E-state index contributed by atoms with van der Waals surface area (Å²) in [4.78, 5) is 2.56. The molecule has 3 aromatic rings. The van der Waals surface area contributed by atoms with Crippen LogP contribution in [0.5, 0.6) is 0 Å². The van der Waals surface area contributed by atoms with Gasteiger partial charge < -0.3 is 24.0 Å². The van der Waals surface area contributed by atoms with E-state index in [2.05, 4.69) is 46.9 Å².